The van der Waals surface area contributed by atoms with Gasteiger partial charge in [-0.3, -0.25) is 9.59 Å². The van der Waals surface area contributed by atoms with E-state index >= 15 is 0 Å². The number of pyridine rings is 1. The van der Waals surface area contributed by atoms with E-state index in [9.17, 15) is 9.59 Å². The smallest absolute Gasteiger partial charge is 0.255 e. The van der Waals surface area contributed by atoms with Crippen molar-refractivity contribution in [1.29, 1.82) is 0 Å². The van der Waals surface area contributed by atoms with Crippen LogP contribution < -0.4 is 10.6 Å². The van der Waals surface area contributed by atoms with E-state index < -0.39 is 0 Å². The van der Waals surface area contributed by atoms with Gasteiger partial charge in [-0.05, 0) is 54.8 Å². The number of aryl methyl sites for hydroxylation is 1. The Morgan fingerprint density at radius 2 is 2.07 bits per heavy atom. The molecule has 5 nitrogen and oxygen atoms in total. The van der Waals surface area contributed by atoms with Crippen molar-refractivity contribution in [3.63, 3.8) is 0 Å². The summed E-state index contributed by atoms with van der Waals surface area (Å²) in [5, 5.41) is 8.30. The van der Waals surface area contributed by atoms with Crippen molar-refractivity contribution in [2.24, 2.45) is 5.41 Å². The average molecular weight is 408 g/mol. The van der Waals surface area contributed by atoms with E-state index in [-0.39, 0.29) is 23.0 Å². The van der Waals surface area contributed by atoms with Crippen LogP contribution in [0.2, 0.25) is 0 Å². The number of anilines is 1. The third kappa shape index (κ3) is 3.77. The predicted octanol–water partition coefficient (Wildman–Crippen LogP) is 4.69. The zero-order chi connectivity index (χ0) is 20.8. The molecule has 0 radical (unpaired) electrons. The summed E-state index contributed by atoms with van der Waals surface area (Å²) in [4.78, 5) is 31.8. The SMILES string of the molecule is CC1=C(C(=O)Nc2cc(C)ccn2)[C@@H](c2cccs2)C2=C(CC(C)(C)CC2=O)N1. The second kappa shape index (κ2) is 7.26. The van der Waals surface area contributed by atoms with Crippen LogP contribution in [-0.4, -0.2) is 16.7 Å². The van der Waals surface area contributed by atoms with Crippen LogP contribution in [-0.2, 0) is 9.59 Å². The van der Waals surface area contributed by atoms with Crippen molar-refractivity contribution in [3.8, 4) is 0 Å². The molecule has 1 amide bonds. The Bertz CT molecular complexity index is 1050. The fourth-order valence-electron chi connectivity index (χ4n) is 4.27. The Morgan fingerprint density at radius 1 is 1.28 bits per heavy atom. The molecule has 2 aromatic heterocycles. The van der Waals surface area contributed by atoms with Crippen LogP contribution >= 0.6 is 11.3 Å². The molecule has 0 unspecified atom stereocenters. The molecule has 2 N–H and O–H groups in total. The number of hydrogen-bond donors (Lipinski definition) is 2. The largest absolute Gasteiger partial charge is 0.362 e. The van der Waals surface area contributed by atoms with E-state index in [1.807, 2.05) is 43.5 Å². The number of amides is 1. The summed E-state index contributed by atoms with van der Waals surface area (Å²) in [5.74, 6) is 0.0556. The van der Waals surface area contributed by atoms with E-state index in [1.165, 1.54) is 0 Å². The van der Waals surface area contributed by atoms with Gasteiger partial charge < -0.3 is 10.6 Å². The van der Waals surface area contributed by atoms with Crippen LogP contribution in [0.25, 0.3) is 0 Å². The minimum atomic E-state index is -0.348. The van der Waals surface area contributed by atoms with Crippen molar-refractivity contribution in [1.82, 2.24) is 10.3 Å². The van der Waals surface area contributed by atoms with Gasteiger partial charge in [-0.25, -0.2) is 4.98 Å². The molecule has 29 heavy (non-hydrogen) atoms. The van der Waals surface area contributed by atoms with Crippen molar-refractivity contribution >= 4 is 28.8 Å². The summed E-state index contributed by atoms with van der Waals surface area (Å²) in [7, 11) is 0. The molecule has 0 fully saturated rings. The molecule has 0 saturated carbocycles. The monoisotopic (exact) mass is 407 g/mol. The first-order valence-electron chi connectivity index (χ1n) is 9.76. The molecule has 1 atom stereocenters. The van der Waals surface area contributed by atoms with Crippen LogP contribution in [0.3, 0.4) is 0 Å². The van der Waals surface area contributed by atoms with Gasteiger partial charge in [0.1, 0.15) is 5.82 Å². The number of dihydropyridines is 1. The fraction of sp³-hybridized carbons (Fsp3) is 0.348. The summed E-state index contributed by atoms with van der Waals surface area (Å²) in [5.41, 5.74) is 3.99. The van der Waals surface area contributed by atoms with Gasteiger partial charge in [-0.2, -0.15) is 0 Å². The lowest BCUT2D eigenvalue weighted by atomic mass is 9.69. The van der Waals surface area contributed by atoms with Crippen LogP contribution in [0.1, 0.15) is 50.0 Å². The van der Waals surface area contributed by atoms with Gasteiger partial charge in [0.2, 0.25) is 0 Å². The third-order valence-corrected chi connectivity index (χ3v) is 6.41. The number of allylic oxidation sites excluding steroid dienone is 3. The second-order valence-corrected chi connectivity index (χ2v) is 9.60. The molecule has 0 aromatic carbocycles. The number of aromatic nitrogens is 1. The maximum Gasteiger partial charge on any atom is 0.255 e. The lowest BCUT2D eigenvalue weighted by Crippen LogP contribution is -2.39. The molecular formula is C23H25N3O2S. The van der Waals surface area contributed by atoms with Crippen molar-refractivity contribution in [2.75, 3.05) is 5.32 Å². The molecule has 0 saturated heterocycles. The van der Waals surface area contributed by atoms with Crippen LogP contribution in [0.5, 0.6) is 0 Å². The van der Waals surface area contributed by atoms with Gasteiger partial charge >= 0.3 is 0 Å². The second-order valence-electron chi connectivity index (χ2n) is 8.62. The maximum atomic E-state index is 13.3. The molecule has 2 aromatic rings. The van der Waals surface area contributed by atoms with E-state index in [0.29, 0.717) is 17.8 Å². The number of Topliss-reactive ketones (excluding diaryl/α,β-unsaturated/α-hetero) is 1. The quantitative estimate of drug-likeness (QED) is 0.774. The number of carbonyl (C=O) groups is 2. The first-order chi connectivity index (χ1) is 13.7. The number of nitrogens with one attached hydrogen (secondary N) is 2. The molecule has 6 heteroatoms. The Hall–Kier alpha value is -2.73. The highest BCUT2D eigenvalue weighted by Crippen LogP contribution is 2.47. The number of rotatable bonds is 3. The first-order valence-corrected chi connectivity index (χ1v) is 10.6. The zero-order valence-corrected chi connectivity index (χ0v) is 17.9. The summed E-state index contributed by atoms with van der Waals surface area (Å²) in [6.07, 6.45) is 2.96. The highest BCUT2D eigenvalue weighted by atomic mass is 32.1. The highest BCUT2D eigenvalue weighted by molar-refractivity contribution is 7.10. The number of carbonyl (C=O) groups excluding carboxylic acids is 2. The Labute approximate surface area is 174 Å². The number of nitrogens with zero attached hydrogens (tertiary/aromatic N) is 1. The van der Waals surface area contributed by atoms with Crippen LogP contribution in [0, 0.1) is 12.3 Å². The lowest BCUT2D eigenvalue weighted by Gasteiger charge is -2.39. The third-order valence-electron chi connectivity index (χ3n) is 5.47. The first kappa shape index (κ1) is 19.6. The molecule has 1 aliphatic carbocycles. The number of thiophene rings is 1. The molecule has 0 spiro atoms. The Kier molecular flexibility index (Phi) is 4.90. The predicted molar refractivity (Wildman–Crippen MR) is 116 cm³/mol. The molecule has 1 aliphatic heterocycles. The highest BCUT2D eigenvalue weighted by Gasteiger charge is 2.43. The number of ketones is 1. The van der Waals surface area contributed by atoms with Crippen LogP contribution in [0.15, 0.2) is 58.4 Å². The van der Waals surface area contributed by atoms with E-state index in [2.05, 4.69) is 29.5 Å². The Morgan fingerprint density at radius 3 is 2.76 bits per heavy atom. The average Bonchev–Trinajstić information content (AvgIpc) is 3.13. The van der Waals surface area contributed by atoms with Gasteiger partial charge in [0.15, 0.2) is 5.78 Å². The molecule has 0 bridgehead atoms. The van der Waals surface area contributed by atoms with E-state index in [0.717, 1.165) is 33.8 Å². The molecular weight excluding hydrogens is 382 g/mol. The van der Waals surface area contributed by atoms with Gasteiger partial charge in [-0.15, -0.1) is 11.3 Å². The fourth-order valence-corrected chi connectivity index (χ4v) is 5.11. The minimum Gasteiger partial charge on any atom is -0.362 e. The maximum absolute atomic E-state index is 13.3. The Balaban J connectivity index is 1.77. The van der Waals surface area contributed by atoms with Gasteiger partial charge in [0, 0.05) is 40.0 Å². The minimum absolute atomic E-state index is 0.0888. The summed E-state index contributed by atoms with van der Waals surface area (Å²) in [6, 6.07) is 7.69. The zero-order valence-electron chi connectivity index (χ0n) is 17.1. The lowest BCUT2D eigenvalue weighted by molar-refractivity contribution is -0.118. The normalized spacial score (nSPS) is 21.0. The number of hydrogen-bond acceptors (Lipinski definition) is 5. The molecule has 2 aliphatic rings. The standard InChI is InChI=1S/C23H25N3O2S/c1-13-7-8-24-18(10-13)26-22(28)19-14(2)25-15-11-23(3,4)12-16(27)20(15)21(19)17-6-5-9-29-17/h5-10,21,25H,11-12H2,1-4H3,(H,24,26,28)/t21-/m1/s1. The summed E-state index contributed by atoms with van der Waals surface area (Å²) in [6.45, 7) is 8.09. The van der Waals surface area contributed by atoms with Crippen molar-refractivity contribution < 1.29 is 9.59 Å². The van der Waals surface area contributed by atoms with Crippen LogP contribution in [0.4, 0.5) is 5.82 Å². The molecule has 3 heterocycles. The molecule has 4 rings (SSSR count). The van der Waals surface area contributed by atoms with Crippen molar-refractivity contribution in [2.45, 2.75) is 46.5 Å². The summed E-state index contributed by atoms with van der Waals surface area (Å²) < 4.78 is 0. The van der Waals surface area contributed by atoms with Gasteiger partial charge in [0.05, 0.1) is 5.92 Å². The molecule has 150 valence electrons. The van der Waals surface area contributed by atoms with Crippen molar-refractivity contribution in [3.05, 3.63) is 68.8 Å². The topological polar surface area (TPSA) is 71.1 Å². The summed E-state index contributed by atoms with van der Waals surface area (Å²) >= 11 is 1.58. The van der Waals surface area contributed by atoms with E-state index in [4.69, 9.17) is 0 Å². The van der Waals surface area contributed by atoms with E-state index in [1.54, 1.807) is 17.5 Å². The van der Waals surface area contributed by atoms with Gasteiger partial charge in [0.25, 0.3) is 5.91 Å². The van der Waals surface area contributed by atoms with Gasteiger partial charge in [-0.1, -0.05) is 19.9 Å².